The van der Waals surface area contributed by atoms with Gasteiger partial charge in [0.2, 0.25) is 27.3 Å². The van der Waals surface area contributed by atoms with Crippen LogP contribution in [0.25, 0.3) is 10.9 Å². The number of sulfonamides is 1. The van der Waals surface area contributed by atoms with Gasteiger partial charge in [-0.1, -0.05) is 19.4 Å². The van der Waals surface area contributed by atoms with E-state index in [1.807, 2.05) is 30.8 Å². The fourth-order valence-corrected chi connectivity index (χ4v) is 7.34. The first kappa shape index (κ1) is 39.6. The summed E-state index contributed by atoms with van der Waals surface area (Å²) in [5.74, 6) is -0.645. The van der Waals surface area contributed by atoms with Crippen LogP contribution in [-0.4, -0.2) is 73.2 Å². The first-order valence-corrected chi connectivity index (χ1v) is 18.5. The fraction of sp³-hybridized carbons (Fsp3) is 0.417. The molecule has 0 unspecified atom stereocenters. The van der Waals surface area contributed by atoms with Gasteiger partial charge in [0.05, 0.1) is 24.1 Å². The number of hydrogen-bond acceptors (Lipinski definition) is 10. The zero-order valence-corrected chi connectivity index (χ0v) is 31.2. The van der Waals surface area contributed by atoms with Crippen molar-refractivity contribution < 1.29 is 32.3 Å². The van der Waals surface area contributed by atoms with Crippen LogP contribution in [-0.2, 0) is 45.0 Å². The van der Waals surface area contributed by atoms with E-state index in [1.165, 1.54) is 6.20 Å². The molecule has 0 spiro atoms. The number of carbonyl (C=O) groups is 3. The molecule has 4 aromatic rings. The third kappa shape index (κ3) is 9.97. The van der Waals surface area contributed by atoms with Gasteiger partial charge < -0.3 is 34.6 Å². The van der Waals surface area contributed by atoms with Gasteiger partial charge in [-0.05, 0) is 67.6 Å². The van der Waals surface area contributed by atoms with E-state index in [1.54, 1.807) is 55.9 Å². The predicted molar refractivity (Wildman–Crippen MR) is 197 cm³/mol. The number of pyridine rings is 1. The monoisotopic (exact) mass is 737 g/mol. The number of nitrogens with zero attached hydrogens (tertiary/aromatic N) is 3. The lowest BCUT2D eigenvalue weighted by Crippen LogP contribution is -2.49. The Hall–Kier alpha value is -5.22. The van der Waals surface area contributed by atoms with Gasteiger partial charge in [0.1, 0.15) is 17.4 Å². The Morgan fingerprint density at radius 1 is 1.00 bits per heavy atom. The molecule has 280 valence electrons. The molecule has 2 aromatic heterocycles. The Labute approximate surface area is 303 Å². The van der Waals surface area contributed by atoms with Crippen molar-refractivity contribution in [2.24, 2.45) is 14.1 Å². The Morgan fingerprint density at radius 3 is 2.38 bits per heavy atom. The summed E-state index contributed by atoms with van der Waals surface area (Å²) in [6, 6.07) is 6.89. The number of nitrogens with one attached hydrogen (secondary N) is 4. The van der Waals surface area contributed by atoms with Crippen molar-refractivity contribution in [2.75, 3.05) is 32.1 Å². The second-order valence-electron chi connectivity index (χ2n) is 12.5. The highest BCUT2D eigenvalue weighted by molar-refractivity contribution is 7.89. The molecule has 0 saturated heterocycles. The number of fused-ring (bicyclic) bond motifs is 1. The topological polar surface area (TPSA) is 192 Å². The maximum atomic E-state index is 13.6. The van der Waals surface area contributed by atoms with E-state index in [-0.39, 0.29) is 23.0 Å². The van der Waals surface area contributed by atoms with E-state index < -0.39 is 39.9 Å². The Kier molecular flexibility index (Phi) is 13.6. The molecule has 0 bridgehead atoms. The molecule has 0 aliphatic rings. The summed E-state index contributed by atoms with van der Waals surface area (Å²) in [6.07, 6.45) is 7.61. The summed E-state index contributed by atoms with van der Waals surface area (Å²) in [5, 5.41) is 8.91. The van der Waals surface area contributed by atoms with E-state index in [0.29, 0.717) is 59.7 Å². The van der Waals surface area contributed by atoms with Gasteiger partial charge >= 0.3 is 5.97 Å². The average Bonchev–Trinajstić information content (AvgIpc) is 3.52. The smallest absolute Gasteiger partial charge is 0.325 e. The van der Waals surface area contributed by atoms with Crippen molar-refractivity contribution in [1.29, 1.82) is 0 Å². The van der Waals surface area contributed by atoms with Gasteiger partial charge in [0.25, 0.3) is 5.91 Å². The molecular formula is C36H47N7O8S. The minimum atomic E-state index is -4.31. The van der Waals surface area contributed by atoms with Crippen LogP contribution < -0.4 is 30.8 Å². The molecule has 0 saturated carbocycles. The fourth-order valence-electron chi connectivity index (χ4n) is 5.70. The summed E-state index contributed by atoms with van der Waals surface area (Å²) in [4.78, 5) is 55.5. The minimum absolute atomic E-state index is 0.0481. The molecule has 0 aliphatic heterocycles. The van der Waals surface area contributed by atoms with Gasteiger partial charge in [-0.25, -0.2) is 13.4 Å². The van der Waals surface area contributed by atoms with Gasteiger partial charge in [0, 0.05) is 64.1 Å². The van der Waals surface area contributed by atoms with E-state index in [9.17, 15) is 27.6 Å². The van der Waals surface area contributed by atoms with Crippen molar-refractivity contribution in [2.45, 2.75) is 63.9 Å². The van der Waals surface area contributed by atoms with Crippen molar-refractivity contribution >= 4 is 44.7 Å². The number of anilines is 1. The second-order valence-corrected chi connectivity index (χ2v) is 14.1. The number of esters is 1. The first-order chi connectivity index (χ1) is 24.7. The zero-order valence-electron chi connectivity index (χ0n) is 30.4. The highest BCUT2D eigenvalue weighted by Crippen LogP contribution is 2.26. The molecule has 0 radical (unpaired) electrons. The zero-order chi connectivity index (χ0) is 38.0. The molecule has 0 fully saturated rings. The van der Waals surface area contributed by atoms with E-state index in [0.717, 1.165) is 25.5 Å². The largest absolute Gasteiger partial charge is 0.494 e. The first-order valence-electron chi connectivity index (χ1n) is 17.0. The van der Waals surface area contributed by atoms with Gasteiger partial charge in [0.15, 0.2) is 0 Å². The molecule has 0 aliphatic carbocycles. The predicted octanol–water partition coefficient (Wildman–Crippen LogP) is 2.83. The van der Waals surface area contributed by atoms with Gasteiger partial charge in [-0.3, -0.25) is 19.2 Å². The molecule has 16 heteroatoms. The second kappa shape index (κ2) is 17.8. The Morgan fingerprint density at radius 2 is 1.73 bits per heavy atom. The number of ether oxygens (including phenoxy) is 2. The highest BCUT2D eigenvalue weighted by atomic mass is 32.2. The number of aromatic nitrogens is 3. The maximum Gasteiger partial charge on any atom is 0.325 e. The molecule has 2 amide bonds. The number of amides is 2. The van der Waals surface area contributed by atoms with Crippen molar-refractivity contribution in [3.8, 4) is 5.75 Å². The van der Waals surface area contributed by atoms with E-state index in [4.69, 9.17) is 9.47 Å². The van der Waals surface area contributed by atoms with Crippen LogP contribution in [0, 0.1) is 13.8 Å². The van der Waals surface area contributed by atoms with Crippen molar-refractivity contribution in [3.05, 3.63) is 81.4 Å². The maximum absolute atomic E-state index is 13.6. The standard InChI is InChI=1S/C36H47N7O8S/c1-7-8-13-37-31(44)10-9-16-51-26-17-23(2)33(24(3)18-26)52(48,49)41-29(35(47)50-6)21-39-34(46)28-22-43(5)30-19-25(11-12-27(30)32(28)45)20-40-36-38-14-15-42(36)4/h11-12,14-15,17-19,22,29,41H,7-10,13,16,20-21H2,1-6H3,(H,37,44)(H,38,40)(H,39,46)/t29-/m0/s1. The molecule has 4 N–H and O–H groups in total. The van der Waals surface area contributed by atoms with Crippen LogP contribution in [0.5, 0.6) is 5.75 Å². The number of unbranched alkanes of at least 4 members (excludes halogenated alkanes) is 1. The van der Waals surface area contributed by atoms with Crippen LogP contribution in [0.1, 0.15) is 59.7 Å². The van der Waals surface area contributed by atoms with Crippen LogP contribution in [0.3, 0.4) is 0 Å². The molecule has 15 nitrogen and oxygen atoms in total. The van der Waals surface area contributed by atoms with E-state index >= 15 is 0 Å². The average molecular weight is 738 g/mol. The van der Waals surface area contributed by atoms with Crippen molar-refractivity contribution in [1.82, 2.24) is 29.5 Å². The third-order valence-electron chi connectivity index (χ3n) is 8.39. The van der Waals surface area contributed by atoms with Crippen LogP contribution in [0.4, 0.5) is 5.95 Å². The molecule has 2 heterocycles. The summed E-state index contributed by atoms with van der Waals surface area (Å²) >= 11 is 0. The molecule has 2 aromatic carbocycles. The summed E-state index contributed by atoms with van der Waals surface area (Å²) in [6.45, 7) is 6.11. The van der Waals surface area contributed by atoms with E-state index in [2.05, 4.69) is 25.7 Å². The lowest BCUT2D eigenvalue weighted by molar-refractivity contribution is -0.142. The van der Waals surface area contributed by atoms with Crippen molar-refractivity contribution in [3.63, 3.8) is 0 Å². The summed E-state index contributed by atoms with van der Waals surface area (Å²) in [5.41, 5.74) is 1.52. The number of hydrogen-bond donors (Lipinski definition) is 4. The lowest BCUT2D eigenvalue weighted by Gasteiger charge is -2.20. The number of imidazole rings is 1. The number of carbonyl (C=O) groups excluding carboxylic acids is 3. The normalized spacial score (nSPS) is 12.0. The number of aryl methyl sites for hydroxylation is 4. The third-order valence-corrected chi connectivity index (χ3v) is 10.2. The Bertz CT molecular complexity index is 2070. The van der Waals surface area contributed by atoms with Crippen LogP contribution >= 0.6 is 0 Å². The summed E-state index contributed by atoms with van der Waals surface area (Å²) < 4.78 is 43.6. The minimum Gasteiger partial charge on any atom is -0.494 e. The molecular weight excluding hydrogens is 691 g/mol. The summed E-state index contributed by atoms with van der Waals surface area (Å²) in [7, 11) is 0.363. The quantitative estimate of drug-likeness (QED) is 0.0873. The number of rotatable bonds is 18. The molecule has 4 rings (SSSR count). The highest BCUT2D eigenvalue weighted by Gasteiger charge is 2.30. The number of methoxy groups -OCH3 is 1. The van der Waals surface area contributed by atoms with Gasteiger partial charge in [-0.2, -0.15) is 4.72 Å². The van der Waals surface area contributed by atoms with Crippen LogP contribution in [0.2, 0.25) is 0 Å². The Balaban J connectivity index is 1.42. The molecule has 52 heavy (non-hydrogen) atoms. The van der Waals surface area contributed by atoms with Gasteiger partial charge in [-0.15, -0.1) is 0 Å². The number of benzene rings is 2. The molecule has 1 atom stereocenters. The SMILES string of the molecule is CCCCNC(=O)CCCOc1cc(C)c(S(=O)(=O)N[C@@H](CNC(=O)c2cn(C)c3cc(CNc4nccn4C)ccc3c2=O)C(=O)OC)c(C)c1. The lowest BCUT2D eigenvalue weighted by atomic mass is 10.1. The van der Waals surface area contributed by atoms with Crippen LogP contribution in [0.15, 0.2) is 58.6 Å².